The van der Waals surface area contributed by atoms with Gasteiger partial charge < -0.3 is 15.4 Å². The summed E-state index contributed by atoms with van der Waals surface area (Å²) >= 11 is 6.00. The lowest BCUT2D eigenvalue weighted by atomic mass is 10.2. The second kappa shape index (κ2) is 8.26. The Hall–Kier alpha value is -3.19. The van der Waals surface area contributed by atoms with Crippen LogP contribution >= 0.6 is 11.6 Å². The van der Waals surface area contributed by atoms with Crippen molar-refractivity contribution in [3.8, 4) is 5.75 Å². The van der Waals surface area contributed by atoms with Gasteiger partial charge in [0.15, 0.2) is 11.5 Å². The number of nitrogens with one attached hydrogen (secondary N) is 2. The zero-order chi connectivity index (χ0) is 18.4. The summed E-state index contributed by atoms with van der Waals surface area (Å²) in [6.07, 6.45) is 3.37. The largest absolute Gasteiger partial charge is 0.495 e. The summed E-state index contributed by atoms with van der Waals surface area (Å²) in [4.78, 5) is 16.1. The van der Waals surface area contributed by atoms with E-state index in [1.165, 1.54) is 0 Å². The molecule has 0 atom stereocenters. The topological polar surface area (TPSA) is 89.0 Å². The number of ether oxygens (including phenoxy) is 1. The summed E-state index contributed by atoms with van der Waals surface area (Å²) < 4.78 is 5.27. The number of pyridine rings is 1. The molecule has 3 aromatic rings. The maximum Gasteiger partial charge on any atom is 0.272 e. The molecule has 0 aliphatic carbocycles. The maximum absolute atomic E-state index is 12.1. The van der Waals surface area contributed by atoms with Crippen LogP contribution in [-0.4, -0.2) is 28.2 Å². The van der Waals surface area contributed by atoms with Crippen LogP contribution in [0.4, 0.5) is 11.5 Å². The van der Waals surface area contributed by atoms with E-state index in [1.54, 1.807) is 49.8 Å². The van der Waals surface area contributed by atoms with Gasteiger partial charge in [-0.2, -0.15) is 0 Å². The number of benzene rings is 1. The molecule has 0 unspecified atom stereocenters. The van der Waals surface area contributed by atoms with Crippen LogP contribution < -0.4 is 15.4 Å². The first-order valence-corrected chi connectivity index (χ1v) is 8.15. The van der Waals surface area contributed by atoms with Gasteiger partial charge in [-0.05, 0) is 42.0 Å². The number of hydrogen-bond donors (Lipinski definition) is 2. The van der Waals surface area contributed by atoms with Gasteiger partial charge in [0.05, 0.1) is 12.8 Å². The summed E-state index contributed by atoms with van der Waals surface area (Å²) in [7, 11) is 1.57. The molecule has 132 valence electrons. The predicted molar refractivity (Wildman–Crippen MR) is 98.7 cm³/mol. The standard InChI is InChI=1S/C18H16ClN5O2/c1-26-16-6-4-13(19)9-15(16)22-17-7-5-14(23-24-17)18(25)21-11-12-3-2-8-20-10-12/h2-10H,11H2,1H3,(H,21,25)(H,22,24). The Bertz CT molecular complexity index is 888. The Labute approximate surface area is 155 Å². The molecule has 7 nitrogen and oxygen atoms in total. The zero-order valence-electron chi connectivity index (χ0n) is 13.9. The molecule has 8 heteroatoms. The highest BCUT2D eigenvalue weighted by atomic mass is 35.5. The van der Waals surface area contributed by atoms with Crippen LogP contribution in [0.1, 0.15) is 16.1 Å². The van der Waals surface area contributed by atoms with Gasteiger partial charge in [-0.25, -0.2) is 0 Å². The fraction of sp³-hybridized carbons (Fsp3) is 0.111. The van der Waals surface area contributed by atoms with E-state index in [0.717, 1.165) is 5.56 Å². The summed E-state index contributed by atoms with van der Waals surface area (Å²) in [5.74, 6) is 0.775. The van der Waals surface area contributed by atoms with Crippen molar-refractivity contribution in [3.63, 3.8) is 0 Å². The lowest BCUT2D eigenvalue weighted by Gasteiger charge is -2.10. The number of rotatable bonds is 6. The molecular formula is C18H16ClN5O2. The Morgan fingerprint density at radius 1 is 1.19 bits per heavy atom. The first-order chi connectivity index (χ1) is 12.7. The molecule has 0 aliphatic rings. The van der Waals surface area contributed by atoms with Gasteiger partial charge in [-0.3, -0.25) is 9.78 Å². The van der Waals surface area contributed by atoms with Gasteiger partial charge in [-0.1, -0.05) is 17.7 Å². The highest BCUT2D eigenvalue weighted by Gasteiger charge is 2.10. The van der Waals surface area contributed by atoms with Crippen molar-refractivity contribution in [1.29, 1.82) is 0 Å². The van der Waals surface area contributed by atoms with E-state index < -0.39 is 0 Å². The fourth-order valence-corrected chi connectivity index (χ4v) is 2.38. The molecule has 2 N–H and O–H groups in total. The maximum atomic E-state index is 12.1. The van der Waals surface area contributed by atoms with Gasteiger partial charge in [0.2, 0.25) is 0 Å². The van der Waals surface area contributed by atoms with Crippen LogP contribution in [0.25, 0.3) is 0 Å². The molecule has 2 heterocycles. The minimum Gasteiger partial charge on any atom is -0.495 e. The van der Waals surface area contributed by atoms with Crippen molar-refractivity contribution >= 4 is 29.0 Å². The normalized spacial score (nSPS) is 10.2. The summed E-state index contributed by atoms with van der Waals surface area (Å²) in [6.45, 7) is 0.369. The molecule has 26 heavy (non-hydrogen) atoms. The first kappa shape index (κ1) is 17.6. The smallest absolute Gasteiger partial charge is 0.272 e. The first-order valence-electron chi connectivity index (χ1n) is 7.77. The van der Waals surface area contributed by atoms with Crippen LogP contribution in [0.15, 0.2) is 54.9 Å². The van der Waals surface area contributed by atoms with Gasteiger partial charge in [0.1, 0.15) is 5.75 Å². The number of methoxy groups -OCH3 is 1. The van der Waals surface area contributed by atoms with Crippen LogP contribution in [0.5, 0.6) is 5.75 Å². The molecule has 0 saturated heterocycles. The van der Waals surface area contributed by atoms with E-state index in [0.29, 0.717) is 28.8 Å². The van der Waals surface area contributed by atoms with E-state index in [2.05, 4.69) is 25.8 Å². The third kappa shape index (κ3) is 4.46. The molecule has 3 rings (SSSR count). The number of amides is 1. The van der Waals surface area contributed by atoms with Crippen molar-refractivity contribution in [2.24, 2.45) is 0 Å². The van der Waals surface area contributed by atoms with Crippen molar-refractivity contribution in [3.05, 3.63) is 71.1 Å². The second-order valence-corrected chi connectivity index (χ2v) is 5.75. The number of nitrogens with zero attached hydrogens (tertiary/aromatic N) is 3. The molecule has 2 aromatic heterocycles. The van der Waals surface area contributed by atoms with E-state index in [9.17, 15) is 4.79 Å². The monoisotopic (exact) mass is 369 g/mol. The predicted octanol–water partition coefficient (Wildman–Crippen LogP) is 3.21. The lowest BCUT2D eigenvalue weighted by Crippen LogP contribution is -2.24. The van der Waals surface area contributed by atoms with Crippen LogP contribution in [0.3, 0.4) is 0 Å². The van der Waals surface area contributed by atoms with E-state index >= 15 is 0 Å². The Kier molecular flexibility index (Phi) is 5.60. The SMILES string of the molecule is COc1ccc(Cl)cc1Nc1ccc(C(=O)NCc2cccnc2)nn1. The van der Waals surface area contributed by atoms with Crippen LogP contribution in [0.2, 0.25) is 5.02 Å². The molecule has 1 amide bonds. The molecule has 0 radical (unpaired) electrons. The quantitative estimate of drug-likeness (QED) is 0.693. The third-order valence-corrected chi connectivity index (χ3v) is 3.73. The molecule has 0 fully saturated rings. The van der Waals surface area contributed by atoms with E-state index in [4.69, 9.17) is 16.3 Å². The van der Waals surface area contributed by atoms with Crippen molar-refractivity contribution < 1.29 is 9.53 Å². The number of carbonyl (C=O) groups is 1. The Morgan fingerprint density at radius 3 is 2.77 bits per heavy atom. The summed E-state index contributed by atoms with van der Waals surface area (Å²) in [6, 6.07) is 12.1. The molecular weight excluding hydrogens is 354 g/mol. The highest BCUT2D eigenvalue weighted by molar-refractivity contribution is 6.31. The van der Waals surface area contributed by atoms with Crippen molar-refractivity contribution in [1.82, 2.24) is 20.5 Å². The van der Waals surface area contributed by atoms with E-state index in [-0.39, 0.29) is 11.6 Å². The number of hydrogen-bond acceptors (Lipinski definition) is 6. The van der Waals surface area contributed by atoms with Gasteiger partial charge in [0.25, 0.3) is 5.91 Å². The van der Waals surface area contributed by atoms with E-state index in [1.807, 2.05) is 12.1 Å². The molecule has 1 aromatic carbocycles. The van der Waals surface area contributed by atoms with Gasteiger partial charge >= 0.3 is 0 Å². The molecule has 0 saturated carbocycles. The average Bonchev–Trinajstić information content (AvgIpc) is 2.68. The minimum absolute atomic E-state index is 0.220. The van der Waals surface area contributed by atoms with Gasteiger partial charge in [-0.15, -0.1) is 10.2 Å². The minimum atomic E-state index is -0.312. The third-order valence-electron chi connectivity index (χ3n) is 3.50. The van der Waals surface area contributed by atoms with Crippen molar-refractivity contribution in [2.45, 2.75) is 6.54 Å². The Balaban J connectivity index is 1.65. The number of anilines is 2. The molecule has 0 bridgehead atoms. The fourth-order valence-electron chi connectivity index (χ4n) is 2.21. The zero-order valence-corrected chi connectivity index (χ0v) is 14.7. The molecule has 0 aliphatic heterocycles. The number of carbonyl (C=O) groups excluding carboxylic acids is 1. The van der Waals surface area contributed by atoms with Crippen molar-refractivity contribution in [2.75, 3.05) is 12.4 Å². The Morgan fingerprint density at radius 2 is 2.08 bits per heavy atom. The molecule has 0 spiro atoms. The van der Waals surface area contributed by atoms with Gasteiger partial charge in [0, 0.05) is 24.0 Å². The summed E-state index contributed by atoms with van der Waals surface area (Å²) in [5.41, 5.74) is 1.78. The average molecular weight is 370 g/mol. The number of aromatic nitrogens is 3. The summed E-state index contributed by atoms with van der Waals surface area (Å²) in [5, 5.41) is 14.4. The highest BCUT2D eigenvalue weighted by Crippen LogP contribution is 2.29. The number of halogens is 1. The van der Waals surface area contributed by atoms with Crippen LogP contribution in [-0.2, 0) is 6.54 Å². The second-order valence-electron chi connectivity index (χ2n) is 5.32. The van der Waals surface area contributed by atoms with Crippen LogP contribution in [0, 0.1) is 0 Å². The lowest BCUT2D eigenvalue weighted by molar-refractivity contribution is 0.0945.